The zero-order chi connectivity index (χ0) is 10.9. The predicted octanol–water partition coefficient (Wildman–Crippen LogP) is 2.71. The van der Waals surface area contributed by atoms with Gasteiger partial charge in [-0.15, -0.1) is 0 Å². The first-order chi connectivity index (χ1) is 6.49. The summed E-state index contributed by atoms with van der Waals surface area (Å²) >= 11 is 0. The van der Waals surface area contributed by atoms with E-state index in [0.29, 0.717) is 17.7 Å². The van der Waals surface area contributed by atoms with Crippen LogP contribution in [-0.2, 0) is 0 Å². The molecule has 3 nitrogen and oxygen atoms in total. The third kappa shape index (κ3) is 1.72. The van der Waals surface area contributed by atoms with Crippen LogP contribution in [0.5, 0.6) is 0 Å². The van der Waals surface area contributed by atoms with Gasteiger partial charge in [0.25, 0.3) is 0 Å². The Morgan fingerprint density at radius 1 is 1.29 bits per heavy atom. The highest BCUT2D eigenvalue weighted by Crippen LogP contribution is 2.23. The molecule has 0 spiro atoms. The number of carbonyl (C=O) groups is 1. The number of nitrogens with zero attached hydrogens (tertiary/aromatic N) is 2. The number of carbonyl (C=O) groups excluding carboxylic acids is 1. The summed E-state index contributed by atoms with van der Waals surface area (Å²) in [6.07, 6.45) is 0.833. The van der Waals surface area contributed by atoms with Crippen molar-refractivity contribution in [2.24, 2.45) is 0 Å². The Hall–Kier alpha value is -1.12. The molecule has 0 N–H and O–H groups in total. The molecule has 0 saturated heterocycles. The van der Waals surface area contributed by atoms with Crippen LogP contribution in [0.2, 0.25) is 0 Å². The van der Waals surface area contributed by atoms with Crippen LogP contribution in [0.1, 0.15) is 61.4 Å². The minimum absolute atomic E-state index is 0.305. The quantitative estimate of drug-likeness (QED) is 0.693. The Bertz CT molecular complexity index is 337. The highest BCUT2D eigenvalue weighted by molar-refractivity contribution is 5.74. The van der Waals surface area contributed by atoms with E-state index in [-0.39, 0.29) is 0 Å². The van der Waals surface area contributed by atoms with Gasteiger partial charge in [-0.3, -0.25) is 9.48 Å². The molecule has 0 aliphatic heterocycles. The fourth-order valence-electron chi connectivity index (χ4n) is 1.75. The van der Waals surface area contributed by atoms with E-state index in [9.17, 15) is 4.79 Å². The van der Waals surface area contributed by atoms with Crippen LogP contribution in [0.15, 0.2) is 0 Å². The molecule has 1 aromatic heterocycles. The maximum absolute atomic E-state index is 10.8. The average molecular weight is 194 g/mol. The summed E-state index contributed by atoms with van der Waals surface area (Å²) in [5, 5.41) is 4.30. The number of aldehydes is 1. The molecule has 0 atom stereocenters. The van der Waals surface area contributed by atoms with E-state index in [4.69, 9.17) is 0 Å². The highest BCUT2D eigenvalue weighted by Gasteiger charge is 2.17. The summed E-state index contributed by atoms with van der Waals surface area (Å²) in [7, 11) is 0. The molecule has 0 aliphatic carbocycles. The second kappa shape index (κ2) is 3.95. The lowest BCUT2D eigenvalue weighted by atomic mass is 10.0. The first kappa shape index (κ1) is 11.0. The number of hydrogen-bond acceptors (Lipinski definition) is 2. The van der Waals surface area contributed by atoms with Crippen LogP contribution in [-0.4, -0.2) is 16.1 Å². The van der Waals surface area contributed by atoms with Gasteiger partial charge in [0.2, 0.25) is 0 Å². The normalized spacial score (nSPS) is 11.4. The Morgan fingerprint density at radius 3 is 2.14 bits per heavy atom. The van der Waals surface area contributed by atoms with Gasteiger partial charge in [-0.1, -0.05) is 13.8 Å². The smallest absolute Gasteiger partial charge is 0.170 e. The maximum atomic E-state index is 10.8. The van der Waals surface area contributed by atoms with Crippen molar-refractivity contribution in [3.63, 3.8) is 0 Å². The molecular formula is C11H18N2O. The van der Waals surface area contributed by atoms with Gasteiger partial charge >= 0.3 is 0 Å². The molecule has 3 heteroatoms. The molecule has 0 aliphatic rings. The van der Waals surface area contributed by atoms with Crippen molar-refractivity contribution in [2.45, 2.75) is 46.6 Å². The summed E-state index contributed by atoms with van der Waals surface area (Å²) < 4.78 is 1.95. The van der Waals surface area contributed by atoms with Gasteiger partial charge in [0, 0.05) is 17.3 Å². The van der Waals surface area contributed by atoms with Gasteiger partial charge in [0.05, 0.1) is 0 Å². The fraction of sp³-hybridized carbons (Fsp3) is 0.636. The summed E-state index contributed by atoms with van der Waals surface area (Å²) in [4.78, 5) is 10.8. The van der Waals surface area contributed by atoms with E-state index in [1.165, 1.54) is 5.69 Å². The van der Waals surface area contributed by atoms with E-state index in [1.807, 2.05) is 11.6 Å². The van der Waals surface area contributed by atoms with Crippen molar-refractivity contribution >= 4 is 6.29 Å². The molecule has 0 amide bonds. The largest absolute Gasteiger partial charge is 0.296 e. The third-order valence-electron chi connectivity index (χ3n) is 2.38. The van der Waals surface area contributed by atoms with E-state index < -0.39 is 0 Å². The lowest BCUT2D eigenvalue weighted by molar-refractivity contribution is 0.111. The fourth-order valence-corrected chi connectivity index (χ4v) is 1.75. The van der Waals surface area contributed by atoms with Crippen LogP contribution in [0, 0.1) is 6.92 Å². The average Bonchev–Trinajstić information content (AvgIpc) is 2.42. The monoisotopic (exact) mass is 194 g/mol. The molecule has 14 heavy (non-hydrogen) atoms. The van der Waals surface area contributed by atoms with Gasteiger partial charge in [0.1, 0.15) is 5.69 Å². The molecule has 0 fully saturated rings. The third-order valence-corrected chi connectivity index (χ3v) is 2.38. The van der Waals surface area contributed by atoms with Crippen molar-refractivity contribution in [1.82, 2.24) is 9.78 Å². The zero-order valence-electron chi connectivity index (χ0n) is 9.53. The lowest BCUT2D eigenvalue weighted by Gasteiger charge is -2.14. The minimum Gasteiger partial charge on any atom is -0.296 e. The molecule has 1 rings (SSSR count). The zero-order valence-corrected chi connectivity index (χ0v) is 9.53. The molecule has 78 valence electrons. The molecule has 0 unspecified atom stereocenters. The van der Waals surface area contributed by atoms with E-state index in [2.05, 4.69) is 32.8 Å². The van der Waals surface area contributed by atoms with Gasteiger partial charge in [-0.25, -0.2) is 0 Å². The topological polar surface area (TPSA) is 34.9 Å². The second-order valence-corrected chi connectivity index (χ2v) is 4.21. The first-order valence-electron chi connectivity index (χ1n) is 5.03. The van der Waals surface area contributed by atoms with Crippen LogP contribution in [0.4, 0.5) is 0 Å². The molecule has 0 aromatic carbocycles. The Kier molecular flexibility index (Phi) is 3.09. The van der Waals surface area contributed by atoms with Crippen molar-refractivity contribution in [3.05, 3.63) is 17.0 Å². The SMILES string of the molecule is Cc1c(C=O)nn(C(C)C)c1C(C)C. The number of hydrogen-bond donors (Lipinski definition) is 0. The van der Waals surface area contributed by atoms with Crippen molar-refractivity contribution < 1.29 is 4.79 Å². The van der Waals surface area contributed by atoms with Crippen LogP contribution >= 0.6 is 0 Å². The summed E-state index contributed by atoms with van der Waals surface area (Å²) in [5.74, 6) is 0.401. The standard InChI is InChI=1S/C11H18N2O/c1-7(2)11-9(5)10(6-14)12-13(11)8(3)4/h6-8H,1-5H3. The van der Waals surface area contributed by atoms with Crippen molar-refractivity contribution in [1.29, 1.82) is 0 Å². The Morgan fingerprint density at radius 2 is 1.86 bits per heavy atom. The molecule has 0 saturated carbocycles. The summed E-state index contributed by atoms with van der Waals surface area (Å²) in [5.41, 5.74) is 2.76. The van der Waals surface area contributed by atoms with Gasteiger partial charge in [0.15, 0.2) is 6.29 Å². The van der Waals surface area contributed by atoms with Gasteiger partial charge in [-0.05, 0) is 26.7 Å². The van der Waals surface area contributed by atoms with Crippen LogP contribution in [0.25, 0.3) is 0 Å². The summed E-state index contributed by atoms with van der Waals surface area (Å²) in [6, 6.07) is 0.305. The highest BCUT2D eigenvalue weighted by atomic mass is 16.1. The molecule has 1 heterocycles. The second-order valence-electron chi connectivity index (χ2n) is 4.21. The molecule has 0 radical (unpaired) electrons. The van der Waals surface area contributed by atoms with Crippen molar-refractivity contribution in [3.8, 4) is 0 Å². The number of aromatic nitrogens is 2. The summed E-state index contributed by atoms with van der Waals surface area (Å²) in [6.45, 7) is 10.4. The van der Waals surface area contributed by atoms with Gasteiger partial charge in [-0.2, -0.15) is 5.10 Å². The van der Waals surface area contributed by atoms with E-state index in [0.717, 1.165) is 11.8 Å². The Balaban J connectivity index is 3.34. The van der Waals surface area contributed by atoms with Crippen molar-refractivity contribution in [2.75, 3.05) is 0 Å². The van der Waals surface area contributed by atoms with Crippen LogP contribution < -0.4 is 0 Å². The Labute approximate surface area is 85.1 Å². The van der Waals surface area contributed by atoms with Gasteiger partial charge < -0.3 is 0 Å². The molecule has 0 bridgehead atoms. The van der Waals surface area contributed by atoms with E-state index >= 15 is 0 Å². The van der Waals surface area contributed by atoms with E-state index in [1.54, 1.807) is 0 Å². The number of rotatable bonds is 3. The predicted molar refractivity (Wildman–Crippen MR) is 56.8 cm³/mol. The van der Waals surface area contributed by atoms with Crippen LogP contribution in [0.3, 0.4) is 0 Å². The lowest BCUT2D eigenvalue weighted by Crippen LogP contribution is -2.09. The molecular weight excluding hydrogens is 176 g/mol. The maximum Gasteiger partial charge on any atom is 0.170 e. The first-order valence-corrected chi connectivity index (χ1v) is 5.03. The minimum atomic E-state index is 0.305. The molecule has 1 aromatic rings.